The smallest absolute Gasteiger partial charge is 0.275 e. The van der Waals surface area contributed by atoms with Gasteiger partial charge in [-0.25, -0.2) is 0 Å². The maximum absolute atomic E-state index is 12.9. The molecule has 1 aliphatic heterocycles. The summed E-state index contributed by atoms with van der Waals surface area (Å²) in [5.41, 5.74) is 1.36. The van der Waals surface area contributed by atoms with Gasteiger partial charge in [0.2, 0.25) is 11.7 Å². The van der Waals surface area contributed by atoms with Crippen LogP contribution in [0, 0.1) is 0 Å². The Morgan fingerprint density at radius 3 is 2.86 bits per heavy atom. The number of aromatic amines is 1. The molecule has 10 heteroatoms. The van der Waals surface area contributed by atoms with Crippen molar-refractivity contribution in [2.45, 2.75) is 6.54 Å². The first kappa shape index (κ1) is 18.5. The fourth-order valence-corrected chi connectivity index (χ4v) is 4.78. The van der Waals surface area contributed by atoms with Crippen LogP contribution in [0.4, 0.5) is 0 Å². The minimum atomic E-state index is -0.0366. The number of hydrogen-bond donors (Lipinski definition) is 1. The molecule has 1 N–H and O–H groups in total. The Morgan fingerprint density at radius 2 is 2.07 bits per heavy atom. The highest BCUT2D eigenvalue weighted by Gasteiger charge is 2.26. The summed E-state index contributed by atoms with van der Waals surface area (Å²) < 4.78 is 6.42. The Morgan fingerprint density at radius 1 is 1.24 bits per heavy atom. The number of piperazine rings is 1. The zero-order valence-corrected chi connectivity index (χ0v) is 17.7. The molecule has 1 amide bonds. The van der Waals surface area contributed by atoms with Crippen LogP contribution in [-0.2, 0) is 6.54 Å². The second-order valence-electron chi connectivity index (χ2n) is 6.83. The van der Waals surface area contributed by atoms with Crippen LogP contribution in [-0.4, -0.2) is 62.2 Å². The Hall–Kier alpha value is -2.56. The number of fused-ring (bicyclic) bond motifs is 1. The molecule has 29 heavy (non-hydrogen) atoms. The van der Waals surface area contributed by atoms with Crippen LogP contribution in [0.25, 0.3) is 21.6 Å². The first-order valence-corrected chi connectivity index (χ1v) is 10.9. The summed E-state index contributed by atoms with van der Waals surface area (Å²) in [7, 11) is 0. The van der Waals surface area contributed by atoms with Gasteiger partial charge in [-0.1, -0.05) is 23.4 Å². The van der Waals surface area contributed by atoms with E-state index in [-0.39, 0.29) is 5.91 Å². The molecule has 0 spiro atoms. The number of amides is 1. The molecule has 1 fully saturated rings. The monoisotopic (exact) mass is 472 g/mol. The van der Waals surface area contributed by atoms with E-state index in [1.807, 2.05) is 40.6 Å². The third-order valence-electron chi connectivity index (χ3n) is 4.95. The summed E-state index contributed by atoms with van der Waals surface area (Å²) in [5, 5.41) is 14.1. The number of nitrogens with zero attached hydrogens (tertiary/aromatic N) is 5. The lowest BCUT2D eigenvalue weighted by molar-refractivity contribution is 0.0611. The molecule has 8 nitrogen and oxygen atoms in total. The standard InChI is InChI=1S/C19H17BrN6O2S/c20-12-9-15(29-11-12)18-21-16(28-24-18)10-25-5-7-26(8-6-25)19(27)17-13-3-1-2-4-14(13)22-23-17/h1-4,9,11H,5-8,10H2,(H,22,23). The van der Waals surface area contributed by atoms with Gasteiger partial charge in [-0.05, 0) is 28.1 Å². The number of hydrogen-bond acceptors (Lipinski definition) is 7. The lowest BCUT2D eigenvalue weighted by Crippen LogP contribution is -2.48. The molecule has 4 heterocycles. The van der Waals surface area contributed by atoms with Crippen molar-refractivity contribution in [1.29, 1.82) is 0 Å². The van der Waals surface area contributed by atoms with Crippen molar-refractivity contribution in [2.75, 3.05) is 26.2 Å². The topological polar surface area (TPSA) is 91.2 Å². The zero-order valence-electron chi connectivity index (χ0n) is 15.3. The number of thiophene rings is 1. The average Bonchev–Trinajstić information content (AvgIpc) is 3.47. The largest absolute Gasteiger partial charge is 0.338 e. The third kappa shape index (κ3) is 3.70. The van der Waals surface area contributed by atoms with Gasteiger partial charge in [-0.15, -0.1) is 11.3 Å². The van der Waals surface area contributed by atoms with Crippen LogP contribution in [0.3, 0.4) is 0 Å². The minimum Gasteiger partial charge on any atom is -0.338 e. The van der Waals surface area contributed by atoms with Gasteiger partial charge >= 0.3 is 0 Å². The van der Waals surface area contributed by atoms with Crippen LogP contribution >= 0.6 is 27.3 Å². The highest BCUT2D eigenvalue weighted by molar-refractivity contribution is 9.10. The Kier molecular flexibility index (Phi) is 4.90. The van der Waals surface area contributed by atoms with Gasteiger partial charge in [-0.3, -0.25) is 14.8 Å². The van der Waals surface area contributed by atoms with Crippen molar-refractivity contribution < 1.29 is 9.32 Å². The number of nitrogens with one attached hydrogen (secondary N) is 1. The number of benzene rings is 1. The molecular formula is C19H17BrN6O2S. The molecule has 0 unspecified atom stereocenters. The van der Waals surface area contributed by atoms with Crippen molar-refractivity contribution in [3.8, 4) is 10.7 Å². The molecule has 148 valence electrons. The van der Waals surface area contributed by atoms with Crippen molar-refractivity contribution in [1.82, 2.24) is 30.1 Å². The van der Waals surface area contributed by atoms with Gasteiger partial charge < -0.3 is 9.42 Å². The van der Waals surface area contributed by atoms with Gasteiger partial charge in [0.05, 0.1) is 16.9 Å². The molecule has 1 saturated heterocycles. The van der Waals surface area contributed by atoms with E-state index >= 15 is 0 Å². The molecule has 1 aliphatic rings. The van der Waals surface area contributed by atoms with Crippen molar-refractivity contribution in [3.63, 3.8) is 0 Å². The Balaban J connectivity index is 1.21. The highest BCUT2D eigenvalue weighted by Crippen LogP contribution is 2.28. The van der Waals surface area contributed by atoms with E-state index in [1.54, 1.807) is 11.3 Å². The van der Waals surface area contributed by atoms with Crippen molar-refractivity contribution in [2.24, 2.45) is 0 Å². The molecule has 1 aromatic carbocycles. The SMILES string of the molecule is O=C(c1n[nH]c2ccccc12)N1CCN(Cc2nc(-c3cc(Br)cs3)no2)CC1. The summed E-state index contributed by atoms with van der Waals surface area (Å²) in [4.78, 5) is 22.4. The second-order valence-corrected chi connectivity index (χ2v) is 8.65. The lowest BCUT2D eigenvalue weighted by atomic mass is 10.2. The number of H-pyrrole nitrogens is 1. The maximum Gasteiger partial charge on any atom is 0.275 e. The number of aromatic nitrogens is 4. The highest BCUT2D eigenvalue weighted by atomic mass is 79.9. The number of carbonyl (C=O) groups excluding carboxylic acids is 1. The van der Waals surface area contributed by atoms with Gasteiger partial charge in [0.15, 0.2) is 5.69 Å². The molecule has 0 atom stereocenters. The van der Waals surface area contributed by atoms with Gasteiger partial charge in [0.25, 0.3) is 5.91 Å². The summed E-state index contributed by atoms with van der Waals surface area (Å²) in [5.74, 6) is 1.16. The van der Waals surface area contributed by atoms with E-state index in [0.717, 1.165) is 33.3 Å². The van der Waals surface area contributed by atoms with Crippen LogP contribution in [0.1, 0.15) is 16.4 Å². The number of carbonyl (C=O) groups is 1. The number of para-hydroxylation sites is 1. The fourth-order valence-electron chi connectivity index (χ4n) is 3.43. The van der Waals surface area contributed by atoms with E-state index in [0.29, 0.717) is 37.0 Å². The predicted molar refractivity (Wildman–Crippen MR) is 113 cm³/mol. The Labute approximate surface area is 178 Å². The summed E-state index contributed by atoms with van der Waals surface area (Å²) >= 11 is 5.00. The summed E-state index contributed by atoms with van der Waals surface area (Å²) in [6.07, 6.45) is 0. The summed E-state index contributed by atoms with van der Waals surface area (Å²) in [6, 6.07) is 9.66. The van der Waals surface area contributed by atoms with Crippen LogP contribution in [0.2, 0.25) is 0 Å². The molecule has 0 bridgehead atoms. The van der Waals surface area contributed by atoms with E-state index in [1.165, 1.54) is 0 Å². The normalized spacial score (nSPS) is 15.3. The fraction of sp³-hybridized carbons (Fsp3) is 0.263. The minimum absolute atomic E-state index is 0.0366. The van der Waals surface area contributed by atoms with Crippen molar-refractivity contribution in [3.05, 3.63) is 51.8 Å². The molecule has 3 aromatic heterocycles. The number of rotatable bonds is 4. The predicted octanol–water partition coefficient (Wildman–Crippen LogP) is 3.39. The first-order valence-electron chi connectivity index (χ1n) is 9.19. The zero-order chi connectivity index (χ0) is 19.8. The molecule has 0 radical (unpaired) electrons. The lowest BCUT2D eigenvalue weighted by Gasteiger charge is -2.33. The van der Waals surface area contributed by atoms with E-state index in [9.17, 15) is 4.79 Å². The van der Waals surface area contributed by atoms with E-state index < -0.39 is 0 Å². The average molecular weight is 473 g/mol. The van der Waals surface area contributed by atoms with Crippen LogP contribution in [0.5, 0.6) is 0 Å². The molecule has 0 aliphatic carbocycles. The van der Waals surface area contributed by atoms with E-state index in [2.05, 4.69) is 41.2 Å². The van der Waals surface area contributed by atoms with Crippen LogP contribution in [0.15, 0.2) is 44.7 Å². The summed E-state index contributed by atoms with van der Waals surface area (Å²) in [6.45, 7) is 3.34. The Bertz CT molecular complexity index is 1160. The molecule has 4 aromatic rings. The molecule has 5 rings (SSSR count). The maximum atomic E-state index is 12.9. The van der Waals surface area contributed by atoms with Gasteiger partial charge in [-0.2, -0.15) is 10.1 Å². The van der Waals surface area contributed by atoms with Gasteiger partial charge in [0.1, 0.15) is 0 Å². The quantitative estimate of drug-likeness (QED) is 0.489. The second kappa shape index (κ2) is 7.69. The van der Waals surface area contributed by atoms with E-state index in [4.69, 9.17) is 4.52 Å². The van der Waals surface area contributed by atoms with Crippen molar-refractivity contribution >= 4 is 44.1 Å². The van der Waals surface area contributed by atoms with Crippen LogP contribution < -0.4 is 0 Å². The van der Waals surface area contributed by atoms with Gasteiger partial charge in [0, 0.05) is 41.4 Å². The number of halogens is 1. The first-order chi connectivity index (χ1) is 14.2. The molecular weight excluding hydrogens is 456 g/mol. The molecule has 0 saturated carbocycles. The third-order valence-corrected chi connectivity index (χ3v) is 6.63.